The summed E-state index contributed by atoms with van der Waals surface area (Å²) in [6.07, 6.45) is 1.95. The van der Waals surface area contributed by atoms with Crippen LogP contribution in [0.3, 0.4) is 0 Å². The minimum atomic E-state index is -0.0716. The van der Waals surface area contributed by atoms with Gasteiger partial charge in [0, 0.05) is 0 Å². The average Bonchev–Trinajstić information content (AvgIpc) is 3.05. The normalized spacial score (nSPS) is 12.0. The number of hydrogen-bond donors (Lipinski definition) is 1. The molecule has 2 heterocycles. The van der Waals surface area contributed by atoms with E-state index in [2.05, 4.69) is 41.4 Å². The summed E-state index contributed by atoms with van der Waals surface area (Å²) in [5, 5.41) is 12.3. The van der Waals surface area contributed by atoms with Crippen LogP contribution in [0, 0.1) is 0 Å². The molecule has 0 spiro atoms. The van der Waals surface area contributed by atoms with Crippen molar-refractivity contribution in [3.8, 4) is 0 Å². The molecular formula is C14H16ClN5S. The number of thiazole rings is 1. The molecule has 2 aromatic heterocycles. The van der Waals surface area contributed by atoms with E-state index in [4.69, 9.17) is 11.6 Å². The summed E-state index contributed by atoms with van der Waals surface area (Å²) in [6.45, 7) is 6.83. The van der Waals surface area contributed by atoms with E-state index in [0.29, 0.717) is 11.6 Å². The van der Waals surface area contributed by atoms with E-state index >= 15 is 0 Å². The van der Waals surface area contributed by atoms with E-state index in [1.165, 1.54) is 0 Å². The number of rotatable bonds is 3. The molecule has 3 aromatic rings. The van der Waals surface area contributed by atoms with Gasteiger partial charge in [-0.05, 0) is 32.9 Å². The van der Waals surface area contributed by atoms with E-state index in [1.54, 1.807) is 11.3 Å². The maximum absolute atomic E-state index is 6.27. The molecule has 0 saturated heterocycles. The lowest BCUT2D eigenvalue weighted by Crippen LogP contribution is -2.22. The summed E-state index contributed by atoms with van der Waals surface area (Å²) in [5.41, 5.74) is 4.37. The molecule has 5 nitrogen and oxygen atoms in total. The molecule has 0 aliphatic heterocycles. The van der Waals surface area contributed by atoms with Gasteiger partial charge in [-0.1, -0.05) is 16.8 Å². The number of benzene rings is 1. The highest BCUT2D eigenvalue weighted by molar-refractivity contribution is 7.16. The first-order valence-corrected chi connectivity index (χ1v) is 7.88. The van der Waals surface area contributed by atoms with Crippen molar-refractivity contribution in [2.45, 2.75) is 32.9 Å². The Kier molecular flexibility index (Phi) is 3.59. The average molecular weight is 322 g/mol. The second-order valence-corrected chi connectivity index (χ2v) is 7.09. The van der Waals surface area contributed by atoms with Gasteiger partial charge in [0.1, 0.15) is 11.2 Å². The van der Waals surface area contributed by atoms with Crippen LogP contribution in [0.2, 0.25) is 5.02 Å². The number of anilines is 1. The third-order valence-electron chi connectivity index (χ3n) is 3.13. The van der Waals surface area contributed by atoms with Crippen LogP contribution < -0.4 is 5.32 Å². The maximum Gasteiger partial charge on any atom is 0.106 e. The van der Waals surface area contributed by atoms with E-state index in [0.717, 1.165) is 21.6 Å². The molecule has 110 valence electrons. The van der Waals surface area contributed by atoms with Gasteiger partial charge in [-0.15, -0.1) is 16.4 Å². The third kappa shape index (κ3) is 2.87. The van der Waals surface area contributed by atoms with E-state index in [9.17, 15) is 0 Å². The molecule has 0 aliphatic carbocycles. The minimum Gasteiger partial charge on any atom is -0.376 e. The van der Waals surface area contributed by atoms with E-state index in [1.807, 2.05) is 28.5 Å². The fourth-order valence-electron chi connectivity index (χ4n) is 1.96. The summed E-state index contributed by atoms with van der Waals surface area (Å²) >= 11 is 7.86. The van der Waals surface area contributed by atoms with Crippen molar-refractivity contribution in [2.75, 3.05) is 5.32 Å². The van der Waals surface area contributed by atoms with Crippen LogP contribution in [0.25, 0.3) is 10.2 Å². The zero-order chi connectivity index (χ0) is 15.0. The number of fused-ring (bicyclic) bond motifs is 1. The molecule has 0 fully saturated rings. The number of nitrogens with zero attached hydrogens (tertiary/aromatic N) is 4. The van der Waals surface area contributed by atoms with Crippen LogP contribution >= 0.6 is 22.9 Å². The SMILES string of the molecule is CC(C)(C)n1cc(CNc2c(Cl)ccc3scnc23)nn1. The molecule has 0 aliphatic rings. The standard InChI is InChI=1S/C14H16ClN5S/c1-14(2,3)20-7-9(18-19-20)6-16-12-10(15)4-5-11-13(12)17-8-21-11/h4-5,7-8,16H,6H2,1-3H3. The lowest BCUT2D eigenvalue weighted by atomic mass is 10.1. The predicted octanol–water partition coefficient (Wildman–Crippen LogP) is 3.91. The Balaban J connectivity index is 1.82. The summed E-state index contributed by atoms with van der Waals surface area (Å²) in [7, 11) is 0. The zero-order valence-corrected chi connectivity index (χ0v) is 13.7. The Labute approximate surface area is 132 Å². The van der Waals surface area contributed by atoms with Crippen LogP contribution in [-0.2, 0) is 12.1 Å². The van der Waals surface area contributed by atoms with Gasteiger partial charge in [-0.3, -0.25) is 0 Å². The Morgan fingerprint density at radius 2 is 2.14 bits per heavy atom. The highest BCUT2D eigenvalue weighted by Gasteiger charge is 2.15. The van der Waals surface area contributed by atoms with E-state index in [-0.39, 0.29) is 5.54 Å². The van der Waals surface area contributed by atoms with Crippen molar-refractivity contribution in [1.82, 2.24) is 20.0 Å². The molecule has 7 heteroatoms. The van der Waals surface area contributed by atoms with Gasteiger partial charge in [-0.2, -0.15) is 0 Å². The summed E-state index contributed by atoms with van der Waals surface area (Å²) in [4.78, 5) is 4.37. The van der Waals surface area contributed by atoms with Crippen molar-refractivity contribution in [1.29, 1.82) is 0 Å². The quantitative estimate of drug-likeness (QED) is 0.794. The van der Waals surface area contributed by atoms with Crippen LogP contribution in [0.4, 0.5) is 5.69 Å². The largest absolute Gasteiger partial charge is 0.376 e. The van der Waals surface area contributed by atoms with Crippen molar-refractivity contribution in [3.05, 3.63) is 34.6 Å². The second kappa shape index (κ2) is 5.27. The van der Waals surface area contributed by atoms with Gasteiger partial charge in [-0.25, -0.2) is 9.67 Å². The molecule has 1 aromatic carbocycles. The smallest absolute Gasteiger partial charge is 0.106 e. The molecule has 21 heavy (non-hydrogen) atoms. The Morgan fingerprint density at radius 1 is 1.33 bits per heavy atom. The van der Waals surface area contributed by atoms with Gasteiger partial charge in [0.05, 0.1) is 39.2 Å². The van der Waals surface area contributed by atoms with E-state index < -0.39 is 0 Å². The van der Waals surface area contributed by atoms with Gasteiger partial charge in [0.25, 0.3) is 0 Å². The first-order chi connectivity index (χ1) is 9.95. The Hall–Kier alpha value is -1.66. The van der Waals surface area contributed by atoms with Gasteiger partial charge < -0.3 is 5.32 Å². The van der Waals surface area contributed by atoms with Gasteiger partial charge >= 0.3 is 0 Å². The van der Waals surface area contributed by atoms with Crippen LogP contribution in [0.5, 0.6) is 0 Å². The van der Waals surface area contributed by atoms with Crippen molar-refractivity contribution in [2.24, 2.45) is 0 Å². The summed E-state index contributed by atoms with van der Waals surface area (Å²) in [5.74, 6) is 0. The third-order valence-corrected chi connectivity index (χ3v) is 4.24. The molecule has 0 amide bonds. The molecule has 0 saturated carbocycles. The maximum atomic E-state index is 6.27. The molecule has 0 radical (unpaired) electrons. The number of nitrogens with one attached hydrogen (secondary N) is 1. The predicted molar refractivity (Wildman–Crippen MR) is 87.0 cm³/mol. The van der Waals surface area contributed by atoms with Crippen LogP contribution in [0.1, 0.15) is 26.5 Å². The fourth-order valence-corrected chi connectivity index (χ4v) is 2.86. The van der Waals surface area contributed by atoms with Gasteiger partial charge in [0.15, 0.2) is 0 Å². The van der Waals surface area contributed by atoms with Crippen LogP contribution in [0.15, 0.2) is 23.8 Å². The topological polar surface area (TPSA) is 55.6 Å². The minimum absolute atomic E-state index is 0.0716. The number of hydrogen-bond acceptors (Lipinski definition) is 5. The number of halogens is 1. The van der Waals surface area contributed by atoms with Gasteiger partial charge in [0.2, 0.25) is 0 Å². The molecule has 3 rings (SSSR count). The molecule has 0 atom stereocenters. The zero-order valence-electron chi connectivity index (χ0n) is 12.1. The number of aromatic nitrogens is 4. The monoisotopic (exact) mass is 321 g/mol. The fraction of sp³-hybridized carbons (Fsp3) is 0.357. The van der Waals surface area contributed by atoms with Crippen molar-refractivity contribution >= 4 is 38.8 Å². The lowest BCUT2D eigenvalue weighted by molar-refractivity contribution is 0.347. The lowest BCUT2D eigenvalue weighted by Gasteiger charge is -2.17. The van der Waals surface area contributed by atoms with Crippen molar-refractivity contribution in [3.63, 3.8) is 0 Å². The Morgan fingerprint density at radius 3 is 2.86 bits per heavy atom. The summed E-state index contributed by atoms with van der Waals surface area (Å²) < 4.78 is 2.97. The van der Waals surface area contributed by atoms with Crippen LogP contribution in [-0.4, -0.2) is 20.0 Å². The molecule has 0 bridgehead atoms. The highest BCUT2D eigenvalue weighted by Crippen LogP contribution is 2.32. The highest BCUT2D eigenvalue weighted by atomic mass is 35.5. The Bertz CT molecular complexity index is 771. The molecular weight excluding hydrogens is 306 g/mol. The first kappa shape index (κ1) is 14.3. The molecule has 0 unspecified atom stereocenters. The molecule has 1 N–H and O–H groups in total. The summed E-state index contributed by atoms with van der Waals surface area (Å²) in [6, 6.07) is 3.87. The van der Waals surface area contributed by atoms with Crippen molar-refractivity contribution < 1.29 is 0 Å². The second-order valence-electron chi connectivity index (χ2n) is 5.80. The first-order valence-electron chi connectivity index (χ1n) is 6.62.